The van der Waals surface area contributed by atoms with Crippen LogP contribution in [-0.4, -0.2) is 31.4 Å². The van der Waals surface area contributed by atoms with Crippen LogP contribution in [0.5, 0.6) is 0 Å². The molecule has 0 bridgehead atoms. The maximum Gasteiger partial charge on any atom is 0.335 e. The molecule has 2 aromatic rings. The molecule has 2 N–H and O–H groups in total. The van der Waals surface area contributed by atoms with Gasteiger partial charge in [0.25, 0.3) is 0 Å². The number of hydrogen-bond donors (Lipinski definition) is 2. The normalized spacial score (nSPS) is 14.7. The van der Waals surface area contributed by atoms with Crippen molar-refractivity contribution >= 4 is 34.5 Å². The predicted molar refractivity (Wildman–Crippen MR) is 97.5 cm³/mol. The maximum atomic E-state index is 13.0. The minimum atomic E-state index is -2.65. The van der Waals surface area contributed by atoms with Crippen molar-refractivity contribution in [3.05, 3.63) is 75.9 Å². The number of aromatic carboxylic acids is 1. The van der Waals surface area contributed by atoms with Crippen LogP contribution in [0.25, 0.3) is 0 Å². The van der Waals surface area contributed by atoms with Crippen LogP contribution in [0.15, 0.2) is 53.6 Å². The fourth-order valence-electron chi connectivity index (χ4n) is 3.05. The zero-order chi connectivity index (χ0) is 19.7. The number of benzene rings is 2. The van der Waals surface area contributed by atoms with Gasteiger partial charge in [0.1, 0.15) is 0 Å². The summed E-state index contributed by atoms with van der Waals surface area (Å²) in [6.07, 6.45) is 0.0613. The second-order valence-electron chi connectivity index (χ2n) is 6.01. The third-order valence-electron chi connectivity index (χ3n) is 4.35. The molecule has 0 spiro atoms. The van der Waals surface area contributed by atoms with Crippen LogP contribution in [0.3, 0.4) is 0 Å². The quantitative estimate of drug-likeness (QED) is 0.764. The van der Waals surface area contributed by atoms with Crippen LogP contribution in [0, 0.1) is 0 Å². The molecule has 1 aliphatic rings. The van der Waals surface area contributed by atoms with E-state index in [2.05, 4.69) is 4.72 Å². The Kier molecular flexibility index (Phi) is 5.02. The topological polar surface area (TPSA) is 124 Å². The number of allylic oxidation sites excluding steroid dienone is 2. The van der Waals surface area contributed by atoms with Crippen LogP contribution >= 0.6 is 0 Å². The second-order valence-corrected chi connectivity index (χ2v) is 6.68. The van der Waals surface area contributed by atoms with Gasteiger partial charge in [0.2, 0.25) is 0 Å². The first-order valence-corrected chi connectivity index (χ1v) is 8.97. The Morgan fingerprint density at radius 2 is 1.85 bits per heavy atom. The number of carboxylic acid groups (broad SMARTS) is 1. The molecule has 1 unspecified atom stereocenters. The first-order chi connectivity index (χ1) is 12.8. The number of carbonyl (C=O) groups excluding carboxylic acids is 2. The highest BCUT2D eigenvalue weighted by molar-refractivity contribution is 7.80. The van der Waals surface area contributed by atoms with E-state index >= 15 is 0 Å². The fourth-order valence-corrected chi connectivity index (χ4v) is 3.40. The minimum Gasteiger partial charge on any atom is -0.755 e. The third kappa shape index (κ3) is 3.57. The standard InChI is InChI=1S/C19H15NO6S/c1-10-14(9-11-4-2-5-12(8-11)19(23)24)18(22)16-13(17(10)21)6-3-7-15(16)20-27(25)26/h2-8,20H,9H2,1H3,(H,23,24)(H,25,26)/p-1. The van der Waals surface area contributed by atoms with Gasteiger partial charge in [-0.15, -0.1) is 0 Å². The van der Waals surface area contributed by atoms with E-state index in [1.807, 2.05) is 0 Å². The lowest BCUT2D eigenvalue weighted by Gasteiger charge is -2.22. The first-order valence-electron chi connectivity index (χ1n) is 7.90. The van der Waals surface area contributed by atoms with E-state index in [1.54, 1.807) is 12.1 Å². The highest BCUT2D eigenvalue weighted by Gasteiger charge is 2.32. The lowest BCUT2D eigenvalue weighted by molar-refractivity contribution is 0.0696. The van der Waals surface area contributed by atoms with Gasteiger partial charge in [-0.05, 0) is 30.7 Å². The number of rotatable bonds is 5. The summed E-state index contributed by atoms with van der Waals surface area (Å²) in [4.78, 5) is 36.9. The molecule has 0 aromatic heterocycles. The molecule has 138 valence electrons. The monoisotopic (exact) mass is 384 g/mol. The molecule has 3 rings (SSSR count). The Balaban J connectivity index is 2.06. The molecular formula is C19H14NO6S-. The highest BCUT2D eigenvalue weighted by atomic mass is 32.2. The van der Waals surface area contributed by atoms with E-state index < -0.39 is 23.0 Å². The predicted octanol–water partition coefficient (Wildman–Crippen LogP) is 2.53. The Hall–Kier alpha value is -3.10. The van der Waals surface area contributed by atoms with E-state index in [4.69, 9.17) is 5.11 Å². The number of ketones is 2. The van der Waals surface area contributed by atoms with E-state index in [0.29, 0.717) is 5.56 Å². The van der Waals surface area contributed by atoms with Crippen LogP contribution in [-0.2, 0) is 17.7 Å². The highest BCUT2D eigenvalue weighted by Crippen LogP contribution is 2.33. The Labute approximate surface area is 157 Å². The van der Waals surface area contributed by atoms with E-state index in [0.717, 1.165) is 0 Å². The number of carboxylic acids is 1. The Bertz CT molecular complexity index is 1040. The van der Waals surface area contributed by atoms with Gasteiger partial charge < -0.3 is 14.4 Å². The van der Waals surface area contributed by atoms with Gasteiger partial charge in [-0.1, -0.05) is 24.3 Å². The van der Waals surface area contributed by atoms with Crippen molar-refractivity contribution in [1.29, 1.82) is 0 Å². The fraction of sp³-hybridized carbons (Fsp3) is 0.105. The lowest BCUT2D eigenvalue weighted by Crippen LogP contribution is -2.24. The van der Waals surface area contributed by atoms with Crippen molar-refractivity contribution in [3.63, 3.8) is 0 Å². The molecular weight excluding hydrogens is 370 g/mol. The Morgan fingerprint density at radius 1 is 1.15 bits per heavy atom. The average Bonchev–Trinajstić information content (AvgIpc) is 2.63. The van der Waals surface area contributed by atoms with Gasteiger partial charge in [0, 0.05) is 34.4 Å². The number of nitrogens with one attached hydrogen (secondary N) is 1. The molecule has 0 saturated carbocycles. The number of hydrogen-bond acceptors (Lipinski definition) is 5. The molecule has 1 aliphatic carbocycles. The number of Topliss-reactive ketones (excluding diaryl/α,β-unsaturated/α-hetero) is 2. The van der Waals surface area contributed by atoms with E-state index in [9.17, 15) is 23.1 Å². The molecule has 0 amide bonds. The van der Waals surface area contributed by atoms with Gasteiger partial charge >= 0.3 is 5.97 Å². The molecule has 27 heavy (non-hydrogen) atoms. The molecule has 0 heterocycles. The number of fused-ring (bicyclic) bond motifs is 1. The Morgan fingerprint density at radius 3 is 2.52 bits per heavy atom. The summed E-state index contributed by atoms with van der Waals surface area (Å²) >= 11 is -2.65. The molecule has 1 atom stereocenters. The zero-order valence-corrected chi connectivity index (χ0v) is 15.0. The van der Waals surface area contributed by atoms with Crippen molar-refractivity contribution in [1.82, 2.24) is 0 Å². The van der Waals surface area contributed by atoms with Crippen LogP contribution in [0.1, 0.15) is 43.6 Å². The summed E-state index contributed by atoms with van der Waals surface area (Å²) in [5.74, 6) is -1.92. The van der Waals surface area contributed by atoms with Crippen LogP contribution in [0.4, 0.5) is 5.69 Å². The lowest BCUT2D eigenvalue weighted by atomic mass is 9.81. The van der Waals surface area contributed by atoms with Gasteiger partial charge in [-0.2, -0.15) is 0 Å². The smallest absolute Gasteiger partial charge is 0.335 e. The molecule has 0 radical (unpaired) electrons. The van der Waals surface area contributed by atoms with Crippen molar-refractivity contribution in [2.24, 2.45) is 0 Å². The zero-order valence-electron chi connectivity index (χ0n) is 14.1. The summed E-state index contributed by atoms with van der Waals surface area (Å²) in [5, 5.41) is 9.11. The van der Waals surface area contributed by atoms with Crippen molar-refractivity contribution in [2.75, 3.05) is 4.72 Å². The molecule has 0 fully saturated rings. The average molecular weight is 384 g/mol. The summed E-state index contributed by atoms with van der Waals surface area (Å²) in [6.45, 7) is 1.53. The summed E-state index contributed by atoms with van der Waals surface area (Å²) in [5.41, 5.74) is 1.27. The molecule has 0 saturated heterocycles. The van der Waals surface area contributed by atoms with Gasteiger partial charge in [0.15, 0.2) is 11.6 Å². The number of carbonyl (C=O) groups is 3. The van der Waals surface area contributed by atoms with Crippen molar-refractivity contribution in [2.45, 2.75) is 13.3 Å². The minimum absolute atomic E-state index is 0.00156. The van der Waals surface area contributed by atoms with Gasteiger partial charge in [-0.3, -0.25) is 13.8 Å². The summed E-state index contributed by atoms with van der Waals surface area (Å²) in [6, 6.07) is 10.5. The van der Waals surface area contributed by atoms with Crippen molar-refractivity contribution in [3.8, 4) is 0 Å². The molecule has 0 aliphatic heterocycles. The van der Waals surface area contributed by atoms with Gasteiger partial charge in [-0.25, -0.2) is 4.79 Å². The molecule has 7 nitrogen and oxygen atoms in total. The first kappa shape index (κ1) is 18.7. The SMILES string of the molecule is CC1=C(Cc2cccc(C(=O)O)c2)C(=O)c2c(NS(=O)[O-])cccc2C1=O. The maximum absolute atomic E-state index is 13.0. The second kappa shape index (κ2) is 7.26. The number of anilines is 1. The summed E-state index contributed by atoms with van der Waals surface area (Å²) in [7, 11) is 0. The molecule has 2 aromatic carbocycles. The third-order valence-corrected chi connectivity index (χ3v) is 4.74. The van der Waals surface area contributed by atoms with Crippen molar-refractivity contribution < 1.29 is 28.3 Å². The van der Waals surface area contributed by atoms with E-state index in [1.165, 1.54) is 37.3 Å². The largest absolute Gasteiger partial charge is 0.755 e. The summed E-state index contributed by atoms with van der Waals surface area (Å²) < 4.78 is 24.2. The molecule has 8 heteroatoms. The van der Waals surface area contributed by atoms with Gasteiger partial charge in [0.05, 0.1) is 16.8 Å². The van der Waals surface area contributed by atoms with Crippen LogP contribution < -0.4 is 4.72 Å². The van der Waals surface area contributed by atoms with E-state index in [-0.39, 0.29) is 45.7 Å². The van der Waals surface area contributed by atoms with Crippen LogP contribution in [0.2, 0.25) is 0 Å².